The first-order chi connectivity index (χ1) is 10.1. The second-order valence-electron chi connectivity index (χ2n) is 6.40. The molecule has 1 N–H and O–H groups in total. The summed E-state index contributed by atoms with van der Waals surface area (Å²) in [6, 6.07) is 0.648. The van der Waals surface area contributed by atoms with E-state index < -0.39 is 5.97 Å². The van der Waals surface area contributed by atoms with E-state index in [1.54, 1.807) is 11.3 Å². The van der Waals surface area contributed by atoms with Crippen LogP contribution in [0.4, 0.5) is 0 Å². The average molecular weight is 308 g/mol. The van der Waals surface area contributed by atoms with Gasteiger partial charge in [0.2, 0.25) is 0 Å². The summed E-state index contributed by atoms with van der Waals surface area (Å²) in [6.07, 6.45) is 7.24. The molecular formula is C16H24N2O2S. The molecule has 0 amide bonds. The van der Waals surface area contributed by atoms with Crippen molar-refractivity contribution in [1.82, 2.24) is 9.88 Å². The van der Waals surface area contributed by atoms with Gasteiger partial charge in [-0.15, -0.1) is 11.3 Å². The maximum atomic E-state index is 10.8. The standard InChI is InChI=1S/C16H24N2O2S/c1-11-4-2-3-9-18(11)10-14-17-16(12-5-6-12)13(21-14)7-8-15(19)20/h11-12H,2-10H2,1H3,(H,19,20). The summed E-state index contributed by atoms with van der Waals surface area (Å²) in [5.41, 5.74) is 1.21. The van der Waals surface area contributed by atoms with Crippen LogP contribution in [0.5, 0.6) is 0 Å². The van der Waals surface area contributed by atoms with Crippen LogP contribution in [0.1, 0.15) is 66.9 Å². The lowest BCUT2D eigenvalue weighted by Crippen LogP contribution is -2.36. The van der Waals surface area contributed by atoms with Crippen LogP contribution in [0.15, 0.2) is 0 Å². The monoisotopic (exact) mass is 308 g/mol. The second kappa shape index (κ2) is 6.44. The number of hydrogen-bond donors (Lipinski definition) is 1. The number of carboxylic acid groups (broad SMARTS) is 1. The first-order valence-electron chi connectivity index (χ1n) is 8.08. The molecule has 2 fully saturated rings. The highest BCUT2D eigenvalue weighted by atomic mass is 32.1. The number of aliphatic carboxylic acids is 1. The van der Waals surface area contributed by atoms with Crippen molar-refractivity contribution < 1.29 is 9.90 Å². The fourth-order valence-electron chi connectivity index (χ4n) is 3.12. The van der Waals surface area contributed by atoms with Gasteiger partial charge < -0.3 is 5.11 Å². The molecule has 1 atom stereocenters. The van der Waals surface area contributed by atoms with Crippen LogP contribution in [0.3, 0.4) is 0 Å². The number of likely N-dealkylation sites (tertiary alicyclic amines) is 1. The Labute approximate surface area is 130 Å². The molecule has 1 unspecified atom stereocenters. The summed E-state index contributed by atoms with van der Waals surface area (Å²) in [7, 11) is 0. The SMILES string of the molecule is CC1CCCCN1Cc1nc(C2CC2)c(CCC(=O)O)s1. The topological polar surface area (TPSA) is 53.4 Å². The Morgan fingerprint density at radius 2 is 2.19 bits per heavy atom. The van der Waals surface area contributed by atoms with Crippen molar-refractivity contribution in [3.63, 3.8) is 0 Å². The van der Waals surface area contributed by atoms with E-state index in [1.807, 2.05) is 0 Å². The van der Waals surface area contributed by atoms with Crippen LogP contribution in [0.2, 0.25) is 0 Å². The van der Waals surface area contributed by atoms with Gasteiger partial charge in [-0.05, 0) is 45.6 Å². The van der Waals surface area contributed by atoms with E-state index in [-0.39, 0.29) is 6.42 Å². The Morgan fingerprint density at radius 1 is 1.38 bits per heavy atom. The summed E-state index contributed by atoms with van der Waals surface area (Å²) >= 11 is 1.75. The van der Waals surface area contributed by atoms with E-state index >= 15 is 0 Å². The lowest BCUT2D eigenvalue weighted by molar-refractivity contribution is -0.136. The number of aromatic nitrogens is 1. The molecule has 5 heteroatoms. The molecule has 0 aromatic carbocycles. The number of carboxylic acids is 1. The van der Waals surface area contributed by atoms with Gasteiger partial charge in [0.25, 0.3) is 0 Å². The maximum absolute atomic E-state index is 10.8. The second-order valence-corrected chi connectivity index (χ2v) is 7.57. The zero-order valence-corrected chi connectivity index (χ0v) is 13.5. The molecule has 1 aromatic heterocycles. The van der Waals surface area contributed by atoms with Crippen molar-refractivity contribution >= 4 is 17.3 Å². The van der Waals surface area contributed by atoms with Gasteiger partial charge in [-0.1, -0.05) is 6.42 Å². The quantitative estimate of drug-likeness (QED) is 0.875. The molecule has 1 saturated carbocycles. The molecule has 1 aliphatic heterocycles. The molecule has 0 radical (unpaired) electrons. The summed E-state index contributed by atoms with van der Waals surface area (Å²) in [6.45, 7) is 4.42. The largest absolute Gasteiger partial charge is 0.481 e. The van der Waals surface area contributed by atoms with Gasteiger partial charge in [0.05, 0.1) is 18.7 Å². The predicted octanol–water partition coefficient (Wildman–Crippen LogP) is 3.41. The van der Waals surface area contributed by atoms with Crippen LogP contribution in [-0.2, 0) is 17.8 Å². The lowest BCUT2D eigenvalue weighted by Gasteiger charge is -2.32. The molecule has 2 heterocycles. The Bertz CT molecular complexity index is 510. The van der Waals surface area contributed by atoms with Crippen LogP contribution in [-0.4, -0.2) is 33.5 Å². The van der Waals surface area contributed by atoms with Crippen LogP contribution >= 0.6 is 11.3 Å². The molecule has 1 aromatic rings. The van der Waals surface area contributed by atoms with Gasteiger partial charge in [0.15, 0.2) is 0 Å². The molecule has 0 spiro atoms. The molecule has 3 rings (SSSR count). The zero-order valence-electron chi connectivity index (χ0n) is 12.7. The zero-order chi connectivity index (χ0) is 14.8. The van der Waals surface area contributed by atoms with E-state index in [9.17, 15) is 4.79 Å². The van der Waals surface area contributed by atoms with Gasteiger partial charge in [-0.2, -0.15) is 0 Å². The number of aryl methyl sites for hydroxylation is 1. The summed E-state index contributed by atoms with van der Waals surface area (Å²) in [5, 5.41) is 10.1. The van der Waals surface area contributed by atoms with E-state index in [0.717, 1.165) is 6.54 Å². The first-order valence-corrected chi connectivity index (χ1v) is 8.89. The number of rotatable bonds is 6. The molecule has 1 aliphatic carbocycles. The Morgan fingerprint density at radius 3 is 2.86 bits per heavy atom. The minimum absolute atomic E-state index is 0.224. The third-order valence-electron chi connectivity index (χ3n) is 4.58. The average Bonchev–Trinajstić information content (AvgIpc) is 3.21. The van der Waals surface area contributed by atoms with Gasteiger partial charge in [-0.3, -0.25) is 9.69 Å². The highest BCUT2D eigenvalue weighted by molar-refractivity contribution is 7.11. The number of hydrogen-bond acceptors (Lipinski definition) is 4. The summed E-state index contributed by atoms with van der Waals surface area (Å²) in [4.78, 5) is 19.4. The molecule has 4 nitrogen and oxygen atoms in total. The molecule has 116 valence electrons. The minimum Gasteiger partial charge on any atom is -0.481 e. The minimum atomic E-state index is -0.712. The van der Waals surface area contributed by atoms with Crippen LogP contribution in [0.25, 0.3) is 0 Å². The first kappa shape index (κ1) is 15.0. The molecule has 2 aliphatic rings. The van der Waals surface area contributed by atoms with Crippen molar-refractivity contribution in [2.45, 2.75) is 70.4 Å². The molecule has 0 bridgehead atoms. The molecule has 1 saturated heterocycles. The van der Waals surface area contributed by atoms with Gasteiger partial charge in [0.1, 0.15) is 5.01 Å². The number of carbonyl (C=O) groups is 1. The Hall–Kier alpha value is -0.940. The third-order valence-corrected chi connectivity index (χ3v) is 5.70. The van der Waals surface area contributed by atoms with Crippen molar-refractivity contribution in [2.75, 3.05) is 6.54 Å². The highest BCUT2D eigenvalue weighted by Gasteiger charge is 2.30. The maximum Gasteiger partial charge on any atom is 0.303 e. The van der Waals surface area contributed by atoms with Crippen molar-refractivity contribution in [2.24, 2.45) is 0 Å². The number of thiazole rings is 1. The predicted molar refractivity (Wildman–Crippen MR) is 83.8 cm³/mol. The molecule has 21 heavy (non-hydrogen) atoms. The van der Waals surface area contributed by atoms with Gasteiger partial charge in [0, 0.05) is 16.8 Å². The fourth-order valence-corrected chi connectivity index (χ4v) is 4.30. The smallest absolute Gasteiger partial charge is 0.303 e. The summed E-state index contributed by atoms with van der Waals surface area (Å²) in [5.74, 6) is -0.103. The van der Waals surface area contributed by atoms with E-state index in [1.165, 1.54) is 54.2 Å². The van der Waals surface area contributed by atoms with Gasteiger partial charge >= 0.3 is 5.97 Å². The lowest BCUT2D eigenvalue weighted by atomic mass is 10.0. The number of piperidine rings is 1. The fraction of sp³-hybridized carbons (Fsp3) is 0.750. The van der Waals surface area contributed by atoms with Crippen LogP contribution < -0.4 is 0 Å². The molecular weight excluding hydrogens is 284 g/mol. The van der Waals surface area contributed by atoms with Crippen molar-refractivity contribution in [3.8, 4) is 0 Å². The van der Waals surface area contributed by atoms with Crippen molar-refractivity contribution in [3.05, 3.63) is 15.6 Å². The Balaban J connectivity index is 1.70. The van der Waals surface area contributed by atoms with Crippen LogP contribution in [0, 0.1) is 0 Å². The highest BCUT2D eigenvalue weighted by Crippen LogP contribution is 2.43. The van der Waals surface area contributed by atoms with Gasteiger partial charge in [-0.25, -0.2) is 4.98 Å². The Kier molecular flexibility index (Phi) is 4.60. The van der Waals surface area contributed by atoms with Crippen molar-refractivity contribution in [1.29, 1.82) is 0 Å². The normalized spacial score (nSPS) is 23.4. The van der Waals surface area contributed by atoms with E-state index in [4.69, 9.17) is 10.1 Å². The number of nitrogens with zero attached hydrogens (tertiary/aromatic N) is 2. The van der Waals surface area contributed by atoms with E-state index in [0.29, 0.717) is 18.4 Å². The third kappa shape index (κ3) is 3.83. The summed E-state index contributed by atoms with van der Waals surface area (Å²) < 4.78 is 0. The van der Waals surface area contributed by atoms with E-state index in [2.05, 4.69) is 11.8 Å².